The second-order valence-corrected chi connectivity index (χ2v) is 5.61. The molecule has 0 radical (unpaired) electrons. The Kier molecular flexibility index (Phi) is 4.85. The van der Waals surface area contributed by atoms with Gasteiger partial charge in [-0.1, -0.05) is 12.1 Å². The van der Waals surface area contributed by atoms with Gasteiger partial charge in [0.15, 0.2) is 0 Å². The van der Waals surface area contributed by atoms with Gasteiger partial charge < -0.3 is 10.8 Å². The van der Waals surface area contributed by atoms with Crippen LogP contribution < -0.4 is 5.73 Å². The summed E-state index contributed by atoms with van der Waals surface area (Å²) in [6, 6.07) is 10.5. The molecule has 0 aromatic heterocycles. The molecule has 2 aromatic carbocycles. The second-order valence-electron chi connectivity index (χ2n) is 4.73. The van der Waals surface area contributed by atoms with Crippen molar-refractivity contribution < 1.29 is 14.3 Å². The van der Waals surface area contributed by atoms with E-state index in [0.29, 0.717) is 23.2 Å². The molecule has 0 saturated heterocycles. The number of hydrogen-bond acceptors (Lipinski definition) is 3. The van der Waals surface area contributed by atoms with E-state index in [4.69, 9.17) is 10.8 Å². The Morgan fingerprint density at radius 1 is 1.24 bits per heavy atom. The van der Waals surface area contributed by atoms with E-state index in [0.717, 1.165) is 10.5 Å². The van der Waals surface area contributed by atoms with Gasteiger partial charge in [-0.05, 0) is 53.6 Å². The number of thioether (sulfide) groups is 1. The van der Waals surface area contributed by atoms with Crippen molar-refractivity contribution in [2.24, 2.45) is 0 Å². The van der Waals surface area contributed by atoms with Crippen molar-refractivity contribution in [3.8, 4) is 0 Å². The van der Waals surface area contributed by atoms with Crippen LogP contribution in [0.3, 0.4) is 0 Å². The fourth-order valence-corrected chi connectivity index (χ4v) is 2.56. The molecule has 0 aliphatic carbocycles. The zero-order valence-corrected chi connectivity index (χ0v) is 12.4. The Morgan fingerprint density at radius 3 is 2.43 bits per heavy atom. The minimum Gasteiger partial charge on any atom is -0.481 e. The summed E-state index contributed by atoms with van der Waals surface area (Å²) in [5.74, 6) is -1.49. The normalized spacial score (nSPS) is 10.6. The van der Waals surface area contributed by atoms with E-state index < -0.39 is 11.8 Å². The summed E-state index contributed by atoms with van der Waals surface area (Å²) in [5, 5.41) is 8.84. The van der Waals surface area contributed by atoms with Crippen LogP contribution in [0.1, 0.15) is 16.7 Å². The molecule has 2 aromatic rings. The predicted octanol–water partition coefficient (Wildman–Crippen LogP) is 3.35. The molecule has 0 atom stereocenters. The number of nitrogens with two attached hydrogens (primary N) is 1. The number of anilines is 1. The average Bonchev–Trinajstić information content (AvgIpc) is 2.44. The molecule has 21 heavy (non-hydrogen) atoms. The van der Waals surface area contributed by atoms with E-state index in [-0.39, 0.29) is 6.42 Å². The van der Waals surface area contributed by atoms with Gasteiger partial charge in [-0.3, -0.25) is 4.79 Å². The molecular formula is C16H16FNO2S. The topological polar surface area (TPSA) is 63.3 Å². The Bertz CT molecular complexity index is 656. The quantitative estimate of drug-likeness (QED) is 0.657. The predicted molar refractivity (Wildman–Crippen MR) is 83.2 cm³/mol. The highest BCUT2D eigenvalue weighted by Gasteiger charge is 2.12. The number of aliphatic carboxylic acids is 1. The number of nitrogen functional groups attached to an aromatic ring is 1. The summed E-state index contributed by atoms with van der Waals surface area (Å²) in [6.07, 6.45) is 2.20. The molecule has 0 spiro atoms. The minimum atomic E-state index is -1.03. The SMILES string of the molecule is CSc1ccc(Cc2cc(F)cc(CC(=O)O)c2N)cc1. The van der Waals surface area contributed by atoms with Gasteiger partial charge in [0.1, 0.15) is 5.82 Å². The van der Waals surface area contributed by atoms with Crippen LogP contribution >= 0.6 is 11.8 Å². The lowest BCUT2D eigenvalue weighted by Gasteiger charge is -2.11. The summed E-state index contributed by atoms with van der Waals surface area (Å²) in [5.41, 5.74) is 8.26. The molecular weight excluding hydrogens is 289 g/mol. The maximum absolute atomic E-state index is 13.6. The molecule has 0 amide bonds. The highest BCUT2D eigenvalue weighted by molar-refractivity contribution is 7.98. The van der Waals surface area contributed by atoms with Crippen molar-refractivity contribution in [2.75, 3.05) is 12.0 Å². The summed E-state index contributed by atoms with van der Waals surface area (Å²) >= 11 is 1.65. The Morgan fingerprint density at radius 2 is 1.86 bits per heavy atom. The maximum Gasteiger partial charge on any atom is 0.307 e. The molecule has 0 fully saturated rings. The minimum absolute atomic E-state index is 0.276. The first-order chi connectivity index (χ1) is 9.99. The highest BCUT2D eigenvalue weighted by atomic mass is 32.2. The van der Waals surface area contributed by atoms with Crippen LogP contribution in [0.4, 0.5) is 10.1 Å². The number of rotatable bonds is 5. The van der Waals surface area contributed by atoms with Gasteiger partial charge in [-0.25, -0.2) is 4.39 Å². The molecule has 0 bridgehead atoms. The fraction of sp³-hybridized carbons (Fsp3) is 0.188. The fourth-order valence-electron chi connectivity index (χ4n) is 2.16. The number of carboxylic acid groups (broad SMARTS) is 1. The van der Waals surface area contributed by atoms with E-state index in [1.165, 1.54) is 12.1 Å². The van der Waals surface area contributed by atoms with Gasteiger partial charge in [0, 0.05) is 10.6 Å². The lowest BCUT2D eigenvalue weighted by Crippen LogP contribution is -2.07. The zero-order chi connectivity index (χ0) is 15.4. The van der Waals surface area contributed by atoms with E-state index in [1.54, 1.807) is 11.8 Å². The molecule has 0 heterocycles. The first-order valence-corrected chi connectivity index (χ1v) is 7.63. The van der Waals surface area contributed by atoms with Crippen molar-refractivity contribution in [3.63, 3.8) is 0 Å². The van der Waals surface area contributed by atoms with Gasteiger partial charge in [0.05, 0.1) is 6.42 Å². The van der Waals surface area contributed by atoms with Crippen LogP contribution in [-0.4, -0.2) is 17.3 Å². The summed E-state index contributed by atoms with van der Waals surface area (Å²) in [4.78, 5) is 11.9. The third kappa shape index (κ3) is 3.98. The lowest BCUT2D eigenvalue weighted by molar-refractivity contribution is -0.136. The number of carboxylic acids is 1. The third-order valence-corrected chi connectivity index (χ3v) is 3.96. The molecule has 3 nitrogen and oxygen atoms in total. The third-order valence-electron chi connectivity index (χ3n) is 3.21. The first-order valence-electron chi connectivity index (χ1n) is 6.41. The number of carbonyl (C=O) groups is 1. The van der Waals surface area contributed by atoms with Crippen LogP contribution in [0, 0.1) is 5.82 Å². The largest absolute Gasteiger partial charge is 0.481 e. The van der Waals surface area contributed by atoms with E-state index in [1.807, 2.05) is 30.5 Å². The molecule has 3 N–H and O–H groups in total. The Hall–Kier alpha value is -2.01. The van der Waals surface area contributed by atoms with Crippen LogP contribution in [0.25, 0.3) is 0 Å². The maximum atomic E-state index is 13.6. The number of benzene rings is 2. The zero-order valence-electron chi connectivity index (χ0n) is 11.6. The van der Waals surface area contributed by atoms with E-state index in [9.17, 15) is 9.18 Å². The molecule has 0 unspecified atom stereocenters. The van der Waals surface area contributed by atoms with E-state index in [2.05, 4.69) is 0 Å². The summed E-state index contributed by atoms with van der Waals surface area (Å²) in [7, 11) is 0. The van der Waals surface area contributed by atoms with E-state index >= 15 is 0 Å². The Balaban J connectivity index is 2.30. The smallest absolute Gasteiger partial charge is 0.307 e. The van der Waals surface area contributed by atoms with Gasteiger partial charge in [0.2, 0.25) is 0 Å². The molecule has 2 rings (SSSR count). The van der Waals surface area contributed by atoms with Crippen LogP contribution in [0.5, 0.6) is 0 Å². The highest BCUT2D eigenvalue weighted by Crippen LogP contribution is 2.24. The molecule has 110 valence electrons. The molecule has 0 saturated carbocycles. The molecule has 0 aliphatic rings. The second kappa shape index (κ2) is 6.63. The first kappa shape index (κ1) is 15.4. The number of hydrogen-bond donors (Lipinski definition) is 2. The van der Waals surface area contributed by atoms with Crippen LogP contribution in [0.15, 0.2) is 41.3 Å². The van der Waals surface area contributed by atoms with Gasteiger partial charge in [-0.15, -0.1) is 11.8 Å². The van der Waals surface area contributed by atoms with Crippen molar-refractivity contribution in [3.05, 3.63) is 58.9 Å². The van der Waals surface area contributed by atoms with Gasteiger partial charge in [-0.2, -0.15) is 0 Å². The average molecular weight is 305 g/mol. The standard InChI is InChI=1S/C16H16FNO2S/c1-21-14-4-2-10(3-5-14)6-11-7-13(17)8-12(16(11)18)9-15(19)20/h2-5,7-8H,6,9,18H2,1H3,(H,19,20). The van der Waals surface area contributed by atoms with Crippen LogP contribution in [-0.2, 0) is 17.6 Å². The lowest BCUT2D eigenvalue weighted by atomic mass is 9.98. The van der Waals surface area contributed by atoms with Crippen molar-refractivity contribution in [1.29, 1.82) is 0 Å². The molecule has 5 heteroatoms. The number of halogens is 1. The van der Waals surface area contributed by atoms with Crippen molar-refractivity contribution >= 4 is 23.4 Å². The Labute approximate surface area is 127 Å². The molecule has 0 aliphatic heterocycles. The van der Waals surface area contributed by atoms with Gasteiger partial charge >= 0.3 is 5.97 Å². The monoisotopic (exact) mass is 305 g/mol. The van der Waals surface area contributed by atoms with Gasteiger partial charge in [0.25, 0.3) is 0 Å². The van der Waals surface area contributed by atoms with Crippen LogP contribution in [0.2, 0.25) is 0 Å². The summed E-state index contributed by atoms with van der Waals surface area (Å²) in [6.45, 7) is 0. The van der Waals surface area contributed by atoms with Crippen molar-refractivity contribution in [1.82, 2.24) is 0 Å². The summed E-state index contributed by atoms with van der Waals surface area (Å²) < 4.78 is 13.6. The van der Waals surface area contributed by atoms with Crippen molar-refractivity contribution in [2.45, 2.75) is 17.7 Å².